The molecule has 3 nitrogen and oxygen atoms in total. The summed E-state index contributed by atoms with van der Waals surface area (Å²) in [6.45, 7) is 4.73. The lowest BCUT2D eigenvalue weighted by Gasteiger charge is -2.03. The van der Waals surface area contributed by atoms with Crippen LogP contribution in [0, 0.1) is 6.92 Å². The summed E-state index contributed by atoms with van der Waals surface area (Å²) in [4.78, 5) is 4.66. The minimum absolute atomic E-state index is 0.681. The molecule has 0 fully saturated rings. The maximum Gasteiger partial charge on any atom is 0.137 e. The molecule has 0 atom stereocenters. The Kier molecular flexibility index (Phi) is 3.49. The van der Waals surface area contributed by atoms with Gasteiger partial charge in [0.25, 0.3) is 0 Å². The number of pyridine rings is 1. The van der Waals surface area contributed by atoms with E-state index in [4.69, 9.17) is 4.74 Å². The number of rotatable bonds is 3. The van der Waals surface area contributed by atoms with Gasteiger partial charge in [-0.2, -0.15) is 0 Å². The SMILES string of the molecule is CCOc1ccc(-c2cn3c(C)c(Br)ccc3n2)cc1. The largest absolute Gasteiger partial charge is 0.494 e. The second kappa shape index (κ2) is 5.29. The number of imidazole rings is 1. The molecular formula is C16H15BrN2O. The van der Waals surface area contributed by atoms with Gasteiger partial charge in [0.2, 0.25) is 0 Å². The number of ether oxygens (including phenoxy) is 1. The van der Waals surface area contributed by atoms with Gasteiger partial charge in [-0.15, -0.1) is 0 Å². The minimum Gasteiger partial charge on any atom is -0.494 e. The van der Waals surface area contributed by atoms with E-state index in [2.05, 4.69) is 38.4 Å². The van der Waals surface area contributed by atoms with Crippen molar-refractivity contribution in [1.82, 2.24) is 9.38 Å². The Balaban J connectivity index is 2.03. The predicted octanol–water partition coefficient (Wildman–Crippen LogP) is 4.47. The van der Waals surface area contributed by atoms with Crippen molar-refractivity contribution in [2.45, 2.75) is 13.8 Å². The van der Waals surface area contributed by atoms with E-state index in [1.54, 1.807) is 0 Å². The molecule has 3 aromatic rings. The molecule has 0 amide bonds. The first kappa shape index (κ1) is 13.2. The maximum atomic E-state index is 5.46. The van der Waals surface area contributed by atoms with Crippen molar-refractivity contribution < 1.29 is 4.74 Å². The highest BCUT2D eigenvalue weighted by Gasteiger charge is 2.07. The van der Waals surface area contributed by atoms with Crippen molar-refractivity contribution in [2.75, 3.05) is 6.61 Å². The highest BCUT2D eigenvalue weighted by atomic mass is 79.9. The Morgan fingerprint density at radius 1 is 1.15 bits per heavy atom. The lowest BCUT2D eigenvalue weighted by molar-refractivity contribution is 0.340. The Bertz CT molecular complexity index is 747. The van der Waals surface area contributed by atoms with E-state index in [0.29, 0.717) is 6.61 Å². The first-order chi connectivity index (χ1) is 9.69. The first-order valence-corrected chi connectivity index (χ1v) is 7.36. The van der Waals surface area contributed by atoms with Gasteiger partial charge in [-0.05, 0) is 66.2 Å². The van der Waals surface area contributed by atoms with Crippen molar-refractivity contribution in [3.8, 4) is 17.0 Å². The Morgan fingerprint density at radius 2 is 1.90 bits per heavy atom. The van der Waals surface area contributed by atoms with Gasteiger partial charge in [0.1, 0.15) is 11.4 Å². The zero-order valence-electron chi connectivity index (χ0n) is 11.4. The van der Waals surface area contributed by atoms with Crippen LogP contribution >= 0.6 is 15.9 Å². The smallest absolute Gasteiger partial charge is 0.137 e. The molecule has 102 valence electrons. The molecule has 0 N–H and O–H groups in total. The third kappa shape index (κ3) is 2.31. The van der Waals surface area contributed by atoms with Crippen LogP contribution in [-0.2, 0) is 0 Å². The summed E-state index contributed by atoms with van der Waals surface area (Å²) in [6, 6.07) is 12.1. The van der Waals surface area contributed by atoms with Gasteiger partial charge in [-0.1, -0.05) is 0 Å². The fraction of sp³-hybridized carbons (Fsp3) is 0.188. The van der Waals surface area contributed by atoms with Crippen LogP contribution in [0.15, 0.2) is 47.1 Å². The number of nitrogens with zero attached hydrogens (tertiary/aromatic N) is 2. The summed E-state index contributed by atoms with van der Waals surface area (Å²) in [5.41, 5.74) is 4.16. The standard InChI is InChI=1S/C16H15BrN2O/c1-3-20-13-6-4-12(5-7-13)15-10-19-11(2)14(17)8-9-16(19)18-15/h4-10H,3H2,1-2H3. The number of hydrogen-bond acceptors (Lipinski definition) is 2. The Labute approximate surface area is 126 Å². The lowest BCUT2D eigenvalue weighted by atomic mass is 10.2. The lowest BCUT2D eigenvalue weighted by Crippen LogP contribution is -1.90. The molecule has 2 heterocycles. The van der Waals surface area contributed by atoms with Gasteiger partial charge < -0.3 is 9.14 Å². The van der Waals surface area contributed by atoms with Gasteiger partial charge in [-0.3, -0.25) is 0 Å². The molecule has 0 saturated heterocycles. The molecule has 0 radical (unpaired) electrons. The van der Waals surface area contributed by atoms with E-state index >= 15 is 0 Å². The molecule has 2 aromatic heterocycles. The summed E-state index contributed by atoms with van der Waals surface area (Å²) < 4.78 is 8.64. The number of benzene rings is 1. The molecule has 0 aliphatic carbocycles. The van der Waals surface area contributed by atoms with Crippen molar-refractivity contribution in [1.29, 1.82) is 0 Å². The van der Waals surface area contributed by atoms with Gasteiger partial charge in [0, 0.05) is 21.9 Å². The molecule has 4 heteroatoms. The third-order valence-electron chi connectivity index (χ3n) is 3.28. The van der Waals surface area contributed by atoms with Crippen LogP contribution in [0.4, 0.5) is 0 Å². The topological polar surface area (TPSA) is 26.5 Å². The average molecular weight is 331 g/mol. The van der Waals surface area contributed by atoms with Crippen LogP contribution < -0.4 is 4.74 Å². The molecule has 0 bridgehead atoms. The number of hydrogen-bond donors (Lipinski definition) is 0. The summed E-state index contributed by atoms with van der Waals surface area (Å²) in [5.74, 6) is 0.888. The van der Waals surface area contributed by atoms with Crippen molar-refractivity contribution in [3.05, 3.63) is 52.8 Å². The van der Waals surface area contributed by atoms with E-state index in [1.807, 2.05) is 43.3 Å². The van der Waals surface area contributed by atoms with Gasteiger partial charge in [0.15, 0.2) is 0 Å². The van der Waals surface area contributed by atoms with Crippen LogP contribution in [0.3, 0.4) is 0 Å². The van der Waals surface area contributed by atoms with E-state index in [-0.39, 0.29) is 0 Å². The Hall–Kier alpha value is -1.81. The summed E-state index contributed by atoms with van der Waals surface area (Å²) >= 11 is 3.54. The van der Waals surface area contributed by atoms with Crippen molar-refractivity contribution in [2.24, 2.45) is 0 Å². The quantitative estimate of drug-likeness (QED) is 0.708. The van der Waals surface area contributed by atoms with Crippen molar-refractivity contribution in [3.63, 3.8) is 0 Å². The highest BCUT2D eigenvalue weighted by Crippen LogP contribution is 2.25. The zero-order valence-corrected chi connectivity index (χ0v) is 13.0. The van der Waals surface area contributed by atoms with E-state index in [9.17, 15) is 0 Å². The van der Waals surface area contributed by atoms with E-state index < -0.39 is 0 Å². The highest BCUT2D eigenvalue weighted by molar-refractivity contribution is 9.10. The van der Waals surface area contributed by atoms with Gasteiger partial charge in [0.05, 0.1) is 12.3 Å². The molecule has 0 aliphatic rings. The zero-order chi connectivity index (χ0) is 14.1. The summed E-state index contributed by atoms with van der Waals surface area (Å²) in [6.07, 6.45) is 2.06. The van der Waals surface area contributed by atoms with Gasteiger partial charge in [-0.25, -0.2) is 4.98 Å². The normalized spacial score (nSPS) is 10.9. The molecule has 0 spiro atoms. The van der Waals surface area contributed by atoms with Crippen LogP contribution in [-0.4, -0.2) is 16.0 Å². The third-order valence-corrected chi connectivity index (χ3v) is 4.12. The molecule has 3 rings (SSSR count). The second-order valence-corrected chi connectivity index (χ2v) is 5.43. The minimum atomic E-state index is 0.681. The van der Waals surface area contributed by atoms with Crippen LogP contribution in [0.5, 0.6) is 5.75 Å². The van der Waals surface area contributed by atoms with Gasteiger partial charge >= 0.3 is 0 Å². The molecule has 1 aromatic carbocycles. The second-order valence-electron chi connectivity index (χ2n) is 4.58. The number of fused-ring (bicyclic) bond motifs is 1. The van der Waals surface area contributed by atoms with Crippen LogP contribution in [0.1, 0.15) is 12.6 Å². The first-order valence-electron chi connectivity index (χ1n) is 6.56. The van der Waals surface area contributed by atoms with Crippen LogP contribution in [0.2, 0.25) is 0 Å². The average Bonchev–Trinajstić information content (AvgIpc) is 2.89. The monoisotopic (exact) mass is 330 g/mol. The number of halogens is 1. The molecule has 20 heavy (non-hydrogen) atoms. The van der Waals surface area contributed by atoms with E-state index in [1.165, 1.54) is 0 Å². The molecule has 0 aliphatic heterocycles. The molecule has 0 saturated carbocycles. The number of aromatic nitrogens is 2. The fourth-order valence-electron chi connectivity index (χ4n) is 2.19. The summed E-state index contributed by atoms with van der Waals surface area (Å²) in [7, 11) is 0. The maximum absolute atomic E-state index is 5.46. The molecular weight excluding hydrogens is 316 g/mol. The molecule has 0 unspecified atom stereocenters. The summed E-state index contributed by atoms with van der Waals surface area (Å²) in [5, 5.41) is 0. The fourth-order valence-corrected chi connectivity index (χ4v) is 2.52. The predicted molar refractivity (Wildman–Crippen MR) is 84.2 cm³/mol. The Morgan fingerprint density at radius 3 is 2.60 bits per heavy atom. The van der Waals surface area contributed by atoms with Crippen molar-refractivity contribution >= 4 is 21.6 Å². The van der Waals surface area contributed by atoms with E-state index in [0.717, 1.165) is 32.8 Å². The van der Waals surface area contributed by atoms with Crippen LogP contribution in [0.25, 0.3) is 16.9 Å². The number of aryl methyl sites for hydroxylation is 1.